The minimum atomic E-state index is -0.545. The van der Waals surface area contributed by atoms with Gasteiger partial charge in [0.25, 0.3) is 5.69 Å². The molecule has 0 saturated heterocycles. The largest absolute Gasteiger partial charge is 0.364 e. The smallest absolute Gasteiger partial charge is 0.271 e. The normalized spacial score (nSPS) is 10.2. The summed E-state index contributed by atoms with van der Waals surface area (Å²) in [7, 11) is 1.64. The molecule has 0 unspecified atom stereocenters. The highest BCUT2D eigenvalue weighted by Gasteiger charge is 2.14. The van der Waals surface area contributed by atoms with Crippen LogP contribution in [0.15, 0.2) is 42.5 Å². The first-order valence-electron chi connectivity index (χ1n) is 6.57. The van der Waals surface area contributed by atoms with Crippen LogP contribution in [0.25, 0.3) is 0 Å². The topological polar surface area (TPSA) is 75.5 Å². The van der Waals surface area contributed by atoms with Crippen molar-refractivity contribution < 1.29 is 14.1 Å². The predicted octanol–water partition coefficient (Wildman–Crippen LogP) is 3.46. The molecule has 0 aliphatic rings. The van der Waals surface area contributed by atoms with Crippen LogP contribution in [-0.2, 0) is 4.79 Å². The number of nitro benzene ring substituents is 1. The molecule has 2 aromatic carbocycles. The number of non-ortho nitro benzene ring substituents is 1. The predicted molar refractivity (Wildman–Crippen MR) is 86.4 cm³/mol. The Hall–Kier alpha value is -2.67. The molecule has 2 rings (SSSR count). The van der Waals surface area contributed by atoms with Crippen molar-refractivity contribution in [2.45, 2.75) is 0 Å². The third-order valence-electron chi connectivity index (χ3n) is 3.06. The molecule has 0 heterocycles. The average molecular weight is 338 g/mol. The Morgan fingerprint density at radius 2 is 1.96 bits per heavy atom. The van der Waals surface area contributed by atoms with E-state index in [-0.39, 0.29) is 23.2 Å². The number of nitro groups is 1. The summed E-state index contributed by atoms with van der Waals surface area (Å²) in [6.07, 6.45) is 0. The summed E-state index contributed by atoms with van der Waals surface area (Å²) in [4.78, 5) is 23.7. The van der Waals surface area contributed by atoms with Crippen molar-refractivity contribution in [1.29, 1.82) is 0 Å². The molecule has 6 nitrogen and oxygen atoms in total. The fourth-order valence-electron chi connectivity index (χ4n) is 1.95. The number of anilines is 2. The number of benzene rings is 2. The van der Waals surface area contributed by atoms with E-state index in [4.69, 9.17) is 11.6 Å². The van der Waals surface area contributed by atoms with E-state index < -0.39 is 10.7 Å². The van der Waals surface area contributed by atoms with E-state index in [9.17, 15) is 19.3 Å². The molecule has 0 fully saturated rings. The number of likely N-dealkylation sites (N-methyl/N-ethyl adjacent to an activating group) is 1. The molecule has 8 heteroatoms. The number of rotatable bonds is 5. The average Bonchev–Trinajstić information content (AvgIpc) is 2.49. The third-order valence-corrected chi connectivity index (χ3v) is 3.36. The summed E-state index contributed by atoms with van der Waals surface area (Å²) in [6, 6.07) is 9.41. The second-order valence-corrected chi connectivity index (χ2v) is 5.21. The number of carbonyl (C=O) groups excluding carboxylic acids is 1. The van der Waals surface area contributed by atoms with Crippen LogP contribution >= 0.6 is 11.6 Å². The van der Waals surface area contributed by atoms with Gasteiger partial charge in [0.05, 0.1) is 22.2 Å². The van der Waals surface area contributed by atoms with Crippen molar-refractivity contribution in [1.82, 2.24) is 0 Å². The minimum Gasteiger partial charge on any atom is -0.364 e. The van der Waals surface area contributed by atoms with Gasteiger partial charge >= 0.3 is 0 Å². The van der Waals surface area contributed by atoms with Crippen molar-refractivity contribution in [2.24, 2.45) is 0 Å². The zero-order valence-corrected chi connectivity index (χ0v) is 12.9. The molecule has 0 radical (unpaired) electrons. The van der Waals surface area contributed by atoms with Gasteiger partial charge in [0, 0.05) is 24.9 Å². The van der Waals surface area contributed by atoms with Crippen LogP contribution in [0.2, 0.25) is 5.02 Å². The summed E-state index contributed by atoms with van der Waals surface area (Å²) < 4.78 is 12.8. The lowest BCUT2D eigenvalue weighted by Gasteiger charge is -2.19. The highest BCUT2D eigenvalue weighted by Crippen LogP contribution is 2.29. The summed E-state index contributed by atoms with van der Waals surface area (Å²) in [5, 5.41) is 13.5. The quantitative estimate of drug-likeness (QED) is 0.669. The van der Waals surface area contributed by atoms with Crippen molar-refractivity contribution in [3.63, 3.8) is 0 Å². The minimum absolute atomic E-state index is 0.0189. The zero-order chi connectivity index (χ0) is 17.0. The second kappa shape index (κ2) is 7.06. The van der Waals surface area contributed by atoms with Crippen molar-refractivity contribution in [2.75, 3.05) is 23.8 Å². The Bertz CT molecular complexity index is 737. The molecule has 0 atom stereocenters. The van der Waals surface area contributed by atoms with E-state index >= 15 is 0 Å². The Kier molecular flexibility index (Phi) is 5.13. The van der Waals surface area contributed by atoms with Gasteiger partial charge in [-0.1, -0.05) is 11.6 Å². The molecule has 23 heavy (non-hydrogen) atoms. The molecule has 1 N–H and O–H groups in total. The van der Waals surface area contributed by atoms with E-state index in [1.54, 1.807) is 11.9 Å². The number of amides is 1. The Morgan fingerprint density at radius 1 is 1.30 bits per heavy atom. The fraction of sp³-hybridized carbons (Fsp3) is 0.133. The van der Waals surface area contributed by atoms with Gasteiger partial charge in [-0.05, 0) is 30.3 Å². The lowest BCUT2D eigenvalue weighted by Crippen LogP contribution is -2.30. The first kappa shape index (κ1) is 16.7. The van der Waals surface area contributed by atoms with E-state index in [2.05, 4.69) is 5.32 Å². The van der Waals surface area contributed by atoms with Gasteiger partial charge in [-0.3, -0.25) is 14.9 Å². The van der Waals surface area contributed by atoms with Crippen LogP contribution in [-0.4, -0.2) is 24.4 Å². The number of nitrogens with one attached hydrogen (secondary N) is 1. The first-order chi connectivity index (χ1) is 10.9. The standard InChI is InChI=1S/C15H13ClFN3O3/c1-19(14-7-6-12(20(22)23)8-13(14)16)9-15(21)18-11-4-2-10(17)3-5-11/h2-8H,9H2,1H3,(H,18,21). The molecule has 120 valence electrons. The molecular weight excluding hydrogens is 325 g/mol. The Balaban J connectivity index is 2.03. The summed E-state index contributed by atoms with van der Waals surface area (Å²) in [5.41, 5.74) is 0.842. The van der Waals surface area contributed by atoms with Crippen molar-refractivity contribution in [3.05, 3.63) is 63.4 Å². The molecule has 0 bridgehead atoms. The van der Waals surface area contributed by atoms with Crippen LogP contribution in [0.3, 0.4) is 0 Å². The third kappa shape index (κ3) is 4.40. The van der Waals surface area contributed by atoms with E-state index in [1.807, 2.05) is 0 Å². The van der Waals surface area contributed by atoms with Gasteiger partial charge in [0.1, 0.15) is 5.82 Å². The Morgan fingerprint density at radius 3 is 2.52 bits per heavy atom. The van der Waals surface area contributed by atoms with Gasteiger partial charge in [0.2, 0.25) is 5.91 Å². The Labute approximate surface area is 136 Å². The molecule has 0 aromatic heterocycles. The SMILES string of the molecule is CN(CC(=O)Nc1ccc(F)cc1)c1ccc([N+](=O)[O-])cc1Cl. The summed E-state index contributed by atoms with van der Waals surface area (Å²) in [5.74, 6) is -0.716. The van der Waals surface area contributed by atoms with Gasteiger partial charge in [-0.25, -0.2) is 4.39 Å². The van der Waals surface area contributed by atoms with Gasteiger partial charge < -0.3 is 10.2 Å². The summed E-state index contributed by atoms with van der Waals surface area (Å²) >= 11 is 6.01. The fourth-order valence-corrected chi connectivity index (χ4v) is 2.27. The van der Waals surface area contributed by atoms with E-state index in [0.717, 1.165) is 0 Å². The van der Waals surface area contributed by atoms with Crippen LogP contribution in [0, 0.1) is 15.9 Å². The van der Waals surface area contributed by atoms with Crippen molar-refractivity contribution >= 4 is 34.6 Å². The number of halogens is 2. The highest BCUT2D eigenvalue weighted by atomic mass is 35.5. The second-order valence-electron chi connectivity index (χ2n) is 4.80. The number of nitrogens with zero attached hydrogens (tertiary/aromatic N) is 2. The summed E-state index contributed by atoms with van der Waals surface area (Å²) in [6.45, 7) is -0.0189. The first-order valence-corrected chi connectivity index (χ1v) is 6.95. The molecule has 0 aliphatic heterocycles. The molecule has 2 aromatic rings. The van der Waals surface area contributed by atoms with E-state index in [0.29, 0.717) is 11.4 Å². The van der Waals surface area contributed by atoms with Crippen LogP contribution in [0.4, 0.5) is 21.5 Å². The van der Waals surface area contributed by atoms with Gasteiger partial charge in [-0.2, -0.15) is 0 Å². The lowest BCUT2D eigenvalue weighted by atomic mass is 10.2. The number of hydrogen-bond acceptors (Lipinski definition) is 4. The number of hydrogen-bond donors (Lipinski definition) is 1. The van der Waals surface area contributed by atoms with E-state index in [1.165, 1.54) is 42.5 Å². The lowest BCUT2D eigenvalue weighted by molar-refractivity contribution is -0.384. The molecule has 0 aliphatic carbocycles. The molecule has 0 spiro atoms. The van der Waals surface area contributed by atoms with Gasteiger partial charge in [-0.15, -0.1) is 0 Å². The molecule has 0 saturated carbocycles. The maximum absolute atomic E-state index is 12.8. The highest BCUT2D eigenvalue weighted by molar-refractivity contribution is 6.33. The van der Waals surface area contributed by atoms with Crippen molar-refractivity contribution in [3.8, 4) is 0 Å². The maximum Gasteiger partial charge on any atom is 0.271 e. The maximum atomic E-state index is 12.8. The van der Waals surface area contributed by atoms with Crippen LogP contribution in [0.5, 0.6) is 0 Å². The monoisotopic (exact) mass is 337 g/mol. The van der Waals surface area contributed by atoms with Gasteiger partial charge in [0.15, 0.2) is 0 Å². The molecular formula is C15H13ClFN3O3. The zero-order valence-electron chi connectivity index (χ0n) is 12.1. The van der Waals surface area contributed by atoms with Crippen LogP contribution < -0.4 is 10.2 Å². The molecule has 1 amide bonds. The van der Waals surface area contributed by atoms with Crippen LogP contribution in [0.1, 0.15) is 0 Å². The number of carbonyl (C=O) groups is 1.